The van der Waals surface area contributed by atoms with Crippen LogP contribution < -0.4 is 5.73 Å². The van der Waals surface area contributed by atoms with Crippen LogP contribution in [0.25, 0.3) is 0 Å². The Labute approximate surface area is 82.4 Å². The molecule has 1 saturated heterocycles. The van der Waals surface area contributed by atoms with Gasteiger partial charge in [-0.2, -0.15) is 0 Å². The van der Waals surface area contributed by atoms with Gasteiger partial charge in [0, 0.05) is 13.2 Å². The number of anilines is 1. The summed E-state index contributed by atoms with van der Waals surface area (Å²) in [6, 6.07) is 0. The molecule has 0 radical (unpaired) electrons. The van der Waals surface area contributed by atoms with E-state index < -0.39 is 0 Å². The summed E-state index contributed by atoms with van der Waals surface area (Å²) in [7, 11) is 0. The van der Waals surface area contributed by atoms with E-state index in [1.807, 2.05) is 0 Å². The normalized spacial score (nSPS) is 20.9. The summed E-state index contributed by atoms with van der Waals surface area (Å²) in [6.07, 6.45) is 2.84. The number of hydrogen-bond acceptors (Lipinski definition) is 5. The Kier molecular flexibility index (Phi) is 2.37. The molecule has 0 aromatic carbocycles. The largest absolute Gasteiger partial charge is 0.381 e. The van der Waals surface area contributed by atoms with Gasteiger partial charge in [0.2, 0.25) is 5.95 Å². The van der Waals surface area contributed by atoms with Gasteiger partial charge in [0.1, 0.15) is 0 Å². The second-order valence-corrected chi connectivity index (χ2v) is 3.64. The zero-order valence-electron chi connectivity index (χ0n) is 8.31. The van der Waals surface area contributed by atoms with Crippen molar-refractivity contribution >= 4 is 5.95 Å². The highest BCUT2D eigenvalue weighted by Gasteiger charge is 2.35. The molecule has 0 unspecified atom stereocenters. The van der Waals surface area contributed by atoms with E-state index in [1.54, 1.807) is 4.68 Å². The third-order valence-corrected chi connectivity index (χ3v) is 3.02. The van der Waals surface area contributed by atoms with Crippen LogP contribution in [0.5, 0.6) is 0 Å². The van der Waals surface area contributed by atoms with Crippen LogP contribution in [0.4, 0.5) is 5.95 Å². The van der Waals surface area contributed by atoms with Crippen molar-refractivity contribution in [3.05, 3.63) is 0 Å². The second-order valence-electron chi connectivity index (χ2n) is 3.64. The van der Waals surface area contributed by atoms with E-state index in [1.165, 1.54) is 0 Å². The highest BCUT2D eigenvalue weighted by atomic mass is 16.5. The summed E-state index contributed by atoms with van der Waals surface area (Å²) in [4.78, 5) is 0. The minimum Gasteiger partial charge on any atom is -0.381 e. The predicted molar refractivity (Wildman–Crippen MR) is 50.5 cm³/mol. The van der Waals surface area contributed by atoms with Gasteiger partial charge in [-0.25, -0.2) is 4.68 Å². The van der Waals surface area contributed by atoms with Crippen LogP contribution in [0.3, 0.4) is 0 Å². The van der Waals surface area contributed by atoms with E-state index in [0.29, 0.717) is 5.95 Å². The fraction of sp³-hybridized carbons (Fsp3) is 0.875. The van der Waals surface area contributed by atoms with Gasteiger partial charge in [0.15, 0.2) is 0 Å². The van der Waals surface area contributed by atoms with Gasteiger partial charge in [-0.1, -0.05) is 12.0 Å². The molecule has 0 amide bonds. The number of nitrogen functional groups attached to an aromatic ring is 1. The minimum absolute atomic E-state index is 0.0359. The zero-order chi connectivity index (χ0) is 10.0. The van der Waals surface area contributed by atoms with E-state index >= 15 is 0 Å². The zero-order valence-corrected chi connectivity index (χ0v) is 8.31. The quantitative estimate of drug-likeness (QED) is 0.731. The van der Waals surface area contributed by atoms with Crippen LogP contribution in [0.1, 0.15) is 26.2 Å². The number of nitrogens with two attached hydrogens (primary N) is 1. The molecule has 0 bridgehead atoms. The average molecular weight is 197 g/mol. The van der Waals surface area contributed by atoms with Gasteiger partial charge in [-0.15, -0.1) is 0 Å². The van der Waals surface area contributed by atoms with Crippen molar-refractivity contribution < 1.29 is 4.74 Å². The molecule has 0 aliphatic carbocycles. The first-order valence-electron chi connectivity index (χ1n) is 4.90. The summed E-state index contributed by atoms with van der Waals surface area (Å²) in [5.74, 6) is 0.397. The number of hydrogen-bond donors (Lipinski definition) is 1. The topological polar surface area (TPSA) is 78.9 Å². The highest BCUT2D eigenvalue weighted by molar-refractivity contribution is 5.14. The highest BCUT2D eigenvalue weighted by Crippen LogP contribution is 2.32. The van der Waals surface area contributed by atoms with Gasteiger partial charge in [0.25, 0.3) is 0 Å². The fourth-order valence-electron chi connectivity index (χ4n) is 2.00. The predicted octanol–water partition coefficient (Wildman–Crippen LogP) is 0.171. The summed E-state index contributed by atoms with van der Waals surface area (Å²) < 4.78 is 7.09. The van der Waals surface area contributed by atoms with Gasteiger partial charge in [-0.3, -0.25) is 0 Å². The third kappa shape index (κ3) is 1.35. The molecule has 2 rings (SSSR count). The molecule has 0 spiro atoms. The van der Waals surface area contributed by atoms with Crippen LogP contribution in [-0.4, -0.2) is 33.4 Å². The van der Waals surface area contributed by atoms with Crippen molar-refractivity contribution in [3.63, 3.8) is 0 Å². The van der Waals surface area contributed by atoms with Gasteiger partial charge in [-0.05, 0) is 29.7 Å². The SMILES string of the molecule is CCC1(n2nnnc2N)CCOCC1. The van der Waals surface area contributed by atoms with Crippen molar-refractivity contribution in [2.75, 3.05) is 18.9 Å². The smallest absolute Gasteiger partial charge is 0.240 e. The molecular formula is C8H15N5O. The fourth-order valence-corrected chi connectivity index (χ4v) is 2.00. The molecule has 14 heavy (non-hydrogen) atoms. The molecule has 6 nitrogen and oxygen atoms in total. The van der Waals surface area contributed by atoms with Crippen molar-refractivity contribution in [3.8, 4) is 0 Å². The van der Waals surface area contributed by atoms with E-state index in [4.69, 9.17) is 10.5 Å². The maximum Gasteiger partial charge on any atom is 0.240 e. The molecule has 1 aromatic heterocycles. The van der Waals surface area contributed by atoms with E-state index in [9.17, 15) is 0 Å². The first kappa shape index (κ1) is 9.39. The summed E-state index contributed by atoms with van der Waals surface area (Å²) in [6.45, 7) is 3.65. The Morgan fingerprint density at radius 2 is 2.21 bits per heavy atom. The molecule has 6 heteroatoms. The molecule has 1 fully saturated rings. The van der Waals surface area contributed by atoms with Crippen LogP contribution >= 0.6 is 0 Å². The van der Waals surface area contributed by atoms with E-state index in [0.717, 1.165) is 32.5 Å². The lowest BCUT2D eigenvalue weighted by Crippen LogP contribution is -2.40. The van der Waals surface area contributed by atoms with Crippen LogP contribution in [0, 0.1) is 0 Å². The lowest BCUT2D eigenvalue weighted by Gasteiger charge is -2.36. The Hall–Kier alpha value is -1.17. The second kappa shape index (κ2) is 3.53. The lowest BCUT2D eigenvalue weighted by atomic mass is 9.87. The summed E-state index contributed by atoms with van der Waals surface area (Å²) >= 11 is 0. The molecule has 2 heterocycles. The Morgan fingerprint density at radius 1 is 1.50 bits per heavy atom. The van der Waals surface area contributed by atoms with Crippen molar-refractivity contribution in [1.29, 1.82) is 0 Å². The van der Waals surface area contributed by atoms with Gasteiger partial charge >= 0.3 is 0 Å². The molecule has 0 saturated carbocycles. The molecule has 2 N–H and O–H groups in total. The maximum atomic E-state index is 5.72. The Bertz CT molecular complexity index is 304. The number of aromatic nitrogens is 4. The van der Waals surface area contributed by atoms with Crippen LogP contribution in [0.2, 0.25) is 0 Å². The standard InChI is InChI=1S/C8H15N5O/c1-2-8(3-5-14-6-4-8)13-7(9)10-11-12-13/h2-6H2,1H3,(H2,9,10,12). The Morgan fingerprint density at radius 3 is 2.71 bits per heavy atom. The first-order valence-corrected chi connectivity index (χ1v) is 4.90. The van der Waals surface area contributed by atoms with Crippen molar-refractivity contribution in [2.45, 2.75) is 31.7 Å². The Balaban J connectivity index is 2.31. The number of nitrogens with zero attached hydrogens (tertiary/aromatic N) is 4. The minimum atomic E-state index is -0.0359. The molecule has 1 aliphatic rings. The molecule has 1 aliphatic heterocycles. The van der Waals surface area contributed by atoms with Crippen molar-refractivity contribution in [1.82, 2.24) is 20.2 Å². The third-order valence-electron chi connectivity index (χ3n) is 3.02. The maximum absolute atomic E-state index is 5.72. The molecular weight excluding hydrogens is 182 g/mol. The van der Waals surface area contributed by atoms with Crippen molar-refractivity contribution in [2.24, 2.45) is 0 Å². The average Bonchev–Trinajstić information content (AvgIpc) is 2.66. The number of ether oxygens (including phenoxy) is 1. The number of tetrazole rings is 1. The van der Waals surface area contributed by atoms with E-state index in [2.05, 4.69) is 22.4 Å². The molecule has 78 valence electrons. The first-order chi connectivity index (χ1) is 6.78. The van der Waals surface area contributed by atoms with Gasteiger partial charge in [0.05, 0.1) is 5.54 Å². The monoisotopic (exact) mass is 197 g/mol. The van der Waals surface area contributed by atoms with E-state index in [-0.39, 0.29) is 5.54 Å². The molecule has 0 atom stereocenters. The molecule has 1 aromatic rings. The van der Waals surface area contributed by atoms with Crippen LogP contribution in [-0.2, 0) is 10.3 Å². The lowest BCUT2D eigenvalue weighted by molar-refractivity contribution is 0.0133. The number of rotatable bonds is 2. The van der Waals surface area contributed by atoms with Gasteiger partial charge < -0.3 is 10.5 Å². The summed E-state index contributed by atoms with van der Waals surface area (Å²) in [5.41, 5.74) is 5.68. The van der Waals surface area contributed by atoms with Crippen LogP contribution in [0.15, 0.2) is 0 Å². The summed E-state index contributed by atoms with van der Waals surface area (Å²) in [5, 5.41) is 11.3.